The molecule has 0 spiro atoms. The van der Waals surface area contributed by atoms with E-state index in [0.717, 1.165) is 12.2 Å². The van der Waals surface area contributed by atoms with Crippen LogP contribution in [0.4, 0.5) is 0 Å². The fourth-order valence-electron chi connectivity index (χ4n) is 1.27. The van der Waals surface area contributed by atoms with Crippen LogP contribution in [0.15, 0.2) is 24.3 Å². The SMILES string of the molecule is CSCCCNC(=O)COc1ccc(C#N)cc1. The zero-order chi connectivity index (χ0) is 13.2. The van der Waals surface area contributed by atoms with Crippen LogP contribution in [0.5, 0.6) is 5.75 Å². The summed E-state index contributed by atoms with van der Waals surface area (Å²) in [7, 11) is 0. The van der Waals surface area contributed by atoms with Gasteiger partial charge in [0.05, 0.1) is 11.6 Å². The van der Waals surface area contributed by atoms with Gasteiger partial charge in [0.1, 0.15) is 5.75 Å². The average Bonchev–Trinajstić information content (AvgIpc) is 2.42. The molecule has 0 heterocycles. The quantitative estimate of drug-likeness (QED) is 0.763. The molecule has 0 aliphatic heterocycles. The Morgan fingerprint density at radius 1 is 1.44 bits per heavy atom. The second kappa shape index (κ2) is 8.43. The van der Waals surface area contributed by atoms with Crippen LogP contribution < -0.4 is 10.1 Å². The molecule has 0 aromatic heterocycles. The molecule has 18 heavy (non-hydrogen) atoms. The third-order valence-electron chi connectivity index (χ3n) is 2.20. The maximum atomic E-state index is 11.4. The number of nitrogens with one attached hydrogen (secondary N) is 1. The normalized spacial score (nSPS) is 9.56. The van der Waals surface area contributed by atoms with Crippen LogP contribution >= 0.6 is 11.8 Å². The lowest BCUT2D eigenvalue weighted by Gasteiger charge is -2.07. The van der Waals surface area contributed by atoms with Gasteiger partial charge in [-0.2, -0.15) is 17.0 Å². The van der Waals surface area contributed by atoms with E-state index in [0.29, 0.717) is 17.9 Å². The lowest BCUT2D eigenvalue weighted by molar-refractivity contribution is -0.123. The highest BCUT2D eigenvalue weighted by Gasteiger charge is 2.02. The molecule has 4 nitrogen and oxygen atoms in total. The maximum Gasteiger partial charge on any atom is 0.257 e. The van der Waals surface area contributed by atoms with Gasteiger partial charge in [0.25, 0.3) is 5.91 Å². The molecule has 1 aromatic carbocycles. The monoisotopic (exact) mass is 264 g/mol. The Hall–Kier alpha value is -1.67. The molecule has 1 amide bonds. The predicted molar refractivity (Wildman–Crippen MR) is 72.7 cm³/mol. The van der Waals surface area contributed by atoms with Crippen molar-refractivity contribution < 1.29 is 9.53 Å². The number of ether oxygens (including phenoxy) is 1. The smallest absolute Gasteiger partial charge is 0.257 e. The first-order valence-electron chi connectivity index (χ1n) is 5.65. The Bertz CT molecular complexity index is 412. The van der Waals surface area contributed by atoms with Gasteiger partial charge in [-0.05, 0) is 42.7 Å². The van der Waals surface area contributed by atoms with Crippen molar-refractivity contribution in [1.29, 1.82) is 5.26 Å². The van der Waals surface area contributed by atoms with Gasteiger partial charge in [-0.15, -0.1) is 0 Å². The molecule has 0 saturated carbocycles. The van der Waals surface area contributed by atoms with Gasteiger partial charge >= 0.3 is 0 Å². The van der Waals surface area contributed by atoms with Gasteiger partial charge in [0.2, 0.25) is 0 Å². The van der Waals surface area contributed by atoms with E-state index in [1.807, 2.05) is 12.3 Å². The summed E-state index contributed by atoms with van der Waals surface area (Å²) in [6, 6.07) is 8.70. The molecule has 0 saturated heterocycles. The largest absolute Gasteiger partial charge is 0.484 e. The number of benzene rings is 1. The van der Waals surface area contributed by atoms with E-state index in [2.05, 4.69) is 5.32 Å². The Kier molecular flexibility index (Phi) is 6.74. The molecule has 0 fully saturated rings. The summed E-state index contributed by atoms with van der Waals surface area (Å²) < 4.78 is 5.30. The van der Waals surface area contributed by atoms with Crippen LogP contribution in [0.25, 0.3) is 0 Å². The Balaban J connectivity index is 2.23. The van der Waals surface area contributed by atoms with E-state index >= 15 is 0 Å². The highest BCUT2D eigenvalue weighted by Crippen LogP contribution is 2.11. The summed E-state index contributed by atoms with van der Waals surface area (Å²) in [5.74, 6) is 1.50. The van der Waals surface area contributed by atoms with E-state index in [4.69, 9.17) is 10.00 Å². The van der Waals surface area contributed by atoms with E-state index in [-0.39, 0.29) is 12.5 Å². The van der Waals surface area contributed by atoms with Crippen molar-refractivity contribution in [3.8, 4) is 11.8 Å². The molecule has 1 N–H and O–H groups in total. The number of thioether (sulfide) groups is 1. The van der Waals surface area contributed by atoms with Crippen LogP contribution in [-0.4, -0.2) is 31.1 Å². The van der Waals surface area contributed by atoms with Crippen LogP contribution in [0.2, 0.25) is 0 Å². The second-order valence-corrected chi connectivity index (χ2v) is 4.61. The summed E-state index contributed by atoms with van der Waals surface area (Å²) in [6.07, 6.45) is 3.00. The highest BCUT2D eigenvalue weighted by atomic mass is 32.2. The number of hydrogen-bond acceptors (Lipinski definition) is 4. The first kappa shape index (κ1) is 14.4. The van der Waals surface area contributed by atoms with Crippen molar-refractivity contribution in [2.24, 2.45) is 0 Å². The summed E-state index contributed by atoms with van der Waals surface area (Å²) in [4.78, 5) is 11.4. The van der Waals surface area contributed by atoms with Crippen LogP contribution in [0, 0.1) is 11.3 Å². The number of rotatable bonds is 7. The van der Waals surface area contributed by atoms with Crippen molar-refractivity contribution in [3.63, 3.8) is 0 Å². The standard InChI is InChI=1S/C13H16N2O2S/c1-18-8-2-7-15-13(16)10-17-12-5-3-11(9-14)4-6-12/h3-6H,2,7-8,10H2,1H3,(H,15,16). The second-order valence-electron chi connectivity index (χ2n) is 3.62. The third-order valence-corrected chi connectivity index (χ3v) is 2.90. The van der Waals surface area contributed by atoms with E-state index in [1.165, 1.54) is 0 Å². The van der Waals surface area contributed by atoms with Crippen LogP contribution in [0.3, 0.4) is 0 Å². The number of amides is 1. The molecule has 0 aliphatic rings. The molecule has 0 radical (unpaired) electrons. The minimum absolute atomic E-state index is 0.00513. The summed E-state index contributed by atoms with van der Waals surface area (Å²) in [6.45, 7) is 0.682. The first-order valence-corrected chi connectivity index (χ1v) is 7.04. The summed E-state index contributed by atoms with van der Waals surface area (Å²) in [5, 5.41) is 11.4. The van der Waals surface area contributed by atoms with Crippen LogP contribution in [0.1, 0.15) is 12.0 Å². The van der Waals surface area contributed by atoms with Crippen molar-refractivity contribution in [2.45, 2.75) is 6.42 Å². The van der Waals surface area contributed by atoms with Gasteiger partial charge in [-0.25, -0.2) is 0 Å². The molecule has 1 rings (SSSR count). The molecule has 5 heteroatoms. The summed E-state index contributed by atoms with van der Waals surface area (Å²) in [5.41, 5.74) is 0.573. The lowest BCUT2D eigenvalue weighted by Crippen LogP contribution is -2.29. The number of nitriles is 1. The Labute approximate surface area is 111 Å². The molecule has 0 atom stereocenters. The van der Waals surface area contributed by atoms with Gasteiger partial charge in [0.15, 0.2) is 6.61 Å². The van der Waals surface area contributed by atoms with Crippen LogP contribution in [-0.2, 0) is 4.79 Å². The van der Waals surface area contributed by atoms with Gasteiger partial charge in [0, 0.05) is 6.54 Å². The Morgan fingerprint density at radius 2 is 2.17 bits per heavy atom. The molecular weight excluding hydrogens is 248 g/mol. The van der Waals surface area contributed by atoms with Gasteiger partial charge in [-0.1, -0.05) is 0 Å². The fraction of sp³-hybridized carbons (Fsp3) is 0.385. The van der Waals surface area contributed by atoms with Crippen molar-refractivity contribution in [1.82, 2.24) is 5.32 Å². The lowest BCUT2D eigenvalue weighted by atomic mass is 10.2. The number of nitrogens with zero attached hydrogens (tertiary/aromatic N) is 1. The van der Waals surface area contributed by atoms with Gasteiger partial charge < -0.3 is 10.1 Å². The molecule has 0 aliphatic carbocycles. The number of hydrogen-bond donors (Lipinski definition) is 1. The predicted octanol–water partition coefficient (Wildman–Crippen LogP) is 1.81. The zero-order valence-electron chi connectivity index (χ0n) is 10.3. The average molecular weight is 264 g/mol. The first-order chi connectivity index (χ1) is 8.76. The highest BCUT2D eigenvalue weighted by molar-refractivity contribution is 7.98. The Morgan fingerprint density at radius 3 is 2.78 bits per heavy atom. The van der Waals surface area contributed by atoms with Crippen molar-refractivity contribution in [3.05, 3.63) is 29.8 Å². The van der Waals surface area contributed by atoms with E-state index < -0.39 is 0 Å². The molecule has 1 aromatic rings. The summed E-state index contributed by atoms with van der Waals surface area (Å²) >= 11 is 1.76. The van der Waals surface area contributed by atoms with E-state index in [1.54, 1.807) is 36.0 Å². The zero-order valence-corrected chi connectivity index (χ0v) is 11.1. The minimum Gasteiger partial charge on any atom is -0.484 e. The minimum atomic E-state index is -0.125. The maximum absolute atomic E-state index is 11.4. The fourth-order valence-corrected chi connectivity index (χ4v) is 1.70. The van der Waals surface area contributed by atoms with E-state index in [9.17, 15) is 4.79 Å². The molecular formula is C13H16N2O2S. The topological polar surface area (TPSA) is 62.1 Å². The molecule has 0 bridgehead atoms. The molecule has 96 valence electrons. The molecule has 0 unspecified atom stereocenters. The third kappa shape index (κ3) is 5.60. The van der Waals surface area contributed by atoms with Crippen molar-refractivity contribution >= 4 is 17.7 Å². The number of carbonyl (C=O) groups excluding carboxylic acids is 1. The van der Waals surface area contributed by atoms with Crippen molar-refractivity contribution in [2.75, 3.05) is 25.2 Å². The number of carbonyl (C=O) groups is 1. The van der Waals surface area contributed by atoms with Gasteiger partial charge in [-0.3, -0.25) is 4.79 Å².